The third kappa shape index (κ3) is 7.69. The van der Waals surface area contributed by atoms with Crippen LogP contribution in [0.15, 0.2) is 33.4 Å². The first kappa shape index (κ1) is 37.9. The minimum Gasteiger partial charge on any atom is -1.00 e. The molecule has 0 unspecified atom stereocenters. The van der Waals surface area contributed by atoms with Crippen molar-refractivity contribution in [2.45, 2.75) is 133 Å². The van der Waals surface area contributed by atoms with E-state index in [-0.39, 0.29) is 61.5 Å². The van der Waals surface area contributed by atoms with E-state index < -0.39 is 0 Å². The first-order valence-electron chi connectivity index (χ1n) is 13.1. The zero-order valence-corrected chi connectivity index (χ0v) is 28.4. The number of hydrogen-bond donors (Lipinski definition) is 0. The van der Waals surface area contributed by atoms with E-state index in [9.17, 15) is 0 Å². The van der Waals surface area contributed by atoms with E-state index in [4.69, 9.17) is 0 Å². The van der Waals surface area contributed by atoms with E-state index in [0.717, 1.165) is 12.8 Å². The van der Waals surface area contributed by atoms with E-state index in [1.54, 1.807) is 22.3 Å². The monoisotopic (exact) mass is 660 g/mol. The van der Waals surface area contributed by atoms with E-state index in [0.29, 0.717) is 0 Å². The molecule has 0 aromatic heterocycles. The van der Waals surface area contributed by atoms with Gasteiger partial charge in [0.25, 0.3) is 0 Å². The van der Waals surface area contributed by atoms with Crippen molar-refractivity contribution in [2.24, 2.45) is 10.8 Å². The van der Waals surface area contributed by atoms with E-state index >= 15 is 0 Å². The Morgan fingerprint density at radius 2 is 0.727 bits per heavy atom. The molecule has 0 saturated heterocycles. The van der Waals surface area contributed by atoms with Crippen LogP contribution in [0.2, 0.25) is 0 Å². The molecule has 0 aliphatic heterocycles. The van der Waals surface area contributed by atoms with Gasteiger partial charge < -0.3 is 24.8 Å². The molecule has 2 aliphatic carbocycles. The average Bonchev–Trinajstić information content (AvgIpc) is 3.30. The van der Waals surface area contributed by atoms with Gasteiger partial charge in [0.05, 0.1) is 0 Å². The predicted octanol–water partition coefficient (Wildman–Crippen LogP) is 4.13. The Balaban J connectivity index is -0.000000500. The molecule has 0 heterocycles. The summed E-state index contributed by atoms with van der Waals surface area (Å²) in [5.41, 5.74) is 10.1. The van der Waals surface area contributed by atoms with Crippen LogP contribution in [0.25, 0.3) is 0 Å². The van der Waals surface area contributed by atoms with Crippen LogP contribution in [0, 0.1) is 23.0 Å². The molecule has 0 bridgehead atoms. The summed E-state index contributed by atoms with van der Waals surface area (Å²) in [6, 6.07) is 0. The molecule has 0 amide bonds. The Morgan fingerprint density at radius 3 is 0.879 bits per heavy atom. The number of halogens is 2. The van der Waals surface area contributed by atoms with Gasteiger partial charge in [-0.1, -0.05) is 144 Å². The quantitative estimate of drug-likeness (QED) is 0.245. The molecule has 0 spiro atoms. The van der Waals surface area contributed by atoms with Gasteiger partial charge in [0, 0.05) is 0 Å². The molecule has 0 fully saturated rings. The molecular formula is C30H50Cl2Hf. The maximum atomic E-state index is 3.80. The maximum absolute atomic E-state index is 3.80. The van der Waals surface area contributed by atoms with E-state index in [1.165, 1.54) is 62.5 Å². The van der Waals surface area contributed by atoms with E-state index in [1.807, 2.05) is 0 Å². The van der Waals surface area contributed by atoms with Crippen molar-refractivity contribution in [3.05, 3.63) is 45.6 Å². The fraction of sp³-hybridized carbons (Fsp3) is 0.733. The first-order chi connectivity index (χ1) is 14.4. The van der Waals surface area contributed by atoms with Crippen LogP contribution in [0.1, 0.15) is 133 Å². The Hall–Kier alpha value is 0.410. The predicted molar refractivity (Wildman–Crippen MR) is 135 cm³/mol. The molecule has 0 radical (unpaired) electrons. The second kappa shape index (κ2) is 17.8. The van der Waals surface area contributed by atoms with Crippen molar-refractivity contribution >= 4 is 0 Å². The van der Waals surface area contributed by atoms with Crippen molar-refractivity contribution in [3.63, 3.8) is 0 Å². The van der Waals surface area contributed by atoms with Gasteiger partial charge in [-0.3, -0.25) is 12.2 Å². The second-order valence-electron chi connectivity index (χ2n) is 8.82. The SMILES string of the molecule is CCC1=[C-]C(CC)(CC)C(CC)=C1CC.CCC1=[C-]C(CC)(CC)C(CC)=C1CC.[Cl-].[Cl-].[Hf+4]. The Bertz CT molecular complexity index is 626. The van der Waals surface area contributed by atoms with Crippen molar-refractivity contribution in [1.29, 1.82) is 0 Å². The summed E-state index contributed by atoms with van der Waals surface area (Å²) in [5, 5.41) is 0. The third-order valence-corrected chi connectivity index (χ3v) is 7.93. The summed E-state index contributed by atoms with van der Waals surface area (Å²) < 4.78 is 0. The number of rotatable bonds is 10. The molecule has 33 heavy (non-hydrogen) atoms. The Labute approximate surface area is 239 Å². The molecule has 3 heteroatoms. The van der Waals surface area contributed by atoms with Gasteiger partial charge in [0.2, 0.25) is 0 Å². The topological polar surface area (TPSA) is 0 Å². The second-order valence-corrected chi connectivity index (χ2v) is 8.82. The summed E-state index contributed by atoms with van der Waals surface area (Å²) in [5.74, 6) is 0. The maximum Gasteiger partial charge on any atom is 4.00 e. The largest absolute Gasteiger partial charge is 4.00 e. The summed E-state index contributed by atoms with van der Waals surface area (Å²) in [6.45, 7) is 22.9. The molecular weight excluding hydrogens is 610 g/mol. The van der Waals surface area contributed by atoms with Crippen molar-refractivity contribution < 1.29 is 50.7 Å². The summed E-state index contributed by atoms with van der Waals surface area (Å²) in [7, 11) is 0. The van der Waals surface area contributed by atoms with Gasteiger partial charge in [-0.25, -0.2) is 11.1 Å². The van der Waals surface area contributed by atoms with Crippen LogP contribution >= 0.6 is 0 Å². The van der Waals surface area contributed by atoms with Gasteiger partial charge in [0.1, 0.15) is 0 Å². The van der Waals surface area contributed by atoms with Crippen LogP contribution in [0.5, 0.6) is 0 Å². The average molecular weight is 660 g/mol. The van der Waals surface area contributed by atoms with Gasteiger partial charge >= 0.3 is 25.8 Å². The Kier molecular flexibility index (Phi) is 20.4. The van der Waals surface area contributed by atoms with Crippen LogP contribution in [-0.4, -0.2) is 0 Å². The van der Waals surface area contributed by atoms with Gasteiger partial charge in [0.15, 0.2) is 0 Å². The van der Waals surface area contributed by atoms with Gasteiger partial charge in [-0.15, -0.1) is 0 Å². The van der Waals surface area contributed by atoms with Crippen molar-refractivity contribution in [2.75, 3.05) is 0 Å². The fourth-order valence-corrected chi connectivity index (χ4v) is 6.09. The third-order valence-electron chi connectivity index (χ3n) is 7.93. The van der Waals surface area contributed by atoms with Crippen LogP contribution in [-0.2, 0) is 25.8 Å². The summed E-state index contributed by atoms with van der Waals surface area (Å²) >= 11 is 0. The molecule has 0 aromatic carbocycles. The summed E-state index contributed by atoms with van der Waals surface area (Å²) in [6.07, 6.45) is 19.5. The number of allylic oxidation sites excluding steroid dienone is 8. The molecule has 2 rings (SSSR count). The first-order valence-corrected chi connectivity index (χ1v) is 13.1. The molecule has 2 aliphatic rings. The Morgan fingerprint density at radius 1 is 0.455 bits per heavy atom. The summed E-state index contributed by atoms with van der Waals surface area (Å²) in [4.78, 5) is 0. The fourth-order valence-electron chi connectivity index (χ4n) is 6.09. The normalized spacial score (nSPS) is 17.9. The van der Waals surface area contributed by atoms with Crippen molar-refractivity contribution in [3.8, 4) is 0 Å². The standard InChI is InChI=1S/2C15H25.2ClH.Hf/c2*1-6-12-11-15(9-4,10-5)14(8-3)13(12)7-2;;;/h2*6-10H2,1-5H3;2*1H;/q2*-1;;;+4/p-2. The molecule has 0 atom stereocenters. The van der Waals surface area contributed by atoms with Crippen LogP contribution < -0.4 is 24.8 Å². The smallest absolute Gasteiger partial charge is 1.00 e. The van der Waals surface area contributed by atoms with Crippen molar-refractivity contribution in [1.82, 2.24) is 0 Å². The molecule has 188 valence electrons. The molecule has 0 saturated carbocycles. The van der Waals surface area contributed by atoms with E-state index in [2.05, 4.69) is 81.4 Å². The van der Waals surface area contributed by atoms with Gasteiger partial charge in [-0.05, 0) is 0 Å². The zero-order valence-electron chi connectivity index (χ0n) is 23.3. The zero-order chi connectivity index (χ0) is 22.9. The molecule has 0 nitrogen and oxygen atoms in total. The van der Waals surface area contributed by atoms with Gasteiger partial charge in [-0.2, -0.15) is 22.3 Å². The minimum atomic E-state index is 0. The minimum absolute atomic E-state index is 0. The molecule has 0 N–H and O–H groups in total. The van der Waals surface area contributed by atoms with Crippen LogP contribution in [0.3, 0.4) is 0 Å². The number of hydrogen-bond acceptors (Lipinski definition) is 0. The van der Waals surface area contributed by atoms with Crippen LogP contribution in [0.4, 0.5) is 0 Å². The molecule has 0 aromatic rings.